The first-order valence-corrected chi connectivity index (χ1v) is 4.06. The van der Waals surface area contributed by atoms with Crippen LogP contribution in [0.3, 0.4) is 0 Å². The van der Waals surface area contributed by atoms with Gasteiger partial charge in [0, 0.05) is 6.54 Å². The summed E-state index contributed by atoms with van der Waals surface area (Å²) in [4.78, 5) is 28.0. The monoisotopic (exact) mass is 195 g/mol. The molecule has 1 aliphatic heterocycles. The lowest BCUT2D eigenvalue weighted by Crippen LogP contribution is -2.38. The second-order valence-corrected chi connectivity index (χ2v) is 2.95. The highest BCUT2D eigenvalue weighted by Crippen LogP contribution is 2.18. The van der Waals surface area contributed by atoms with E-state index in [1.165, 1.54) is 0 Å². The molecule has 0 aliphatic carbocycles. The molecule has 7 nitrogen and oxygen atoms in total. The van der Waals surface area contributed by atoms with Crippen molar-refractivity contribution in [3.63, 3.8) is 0 Å². The van der Waals surface area contributed by atoms with Crippen LogP contribution in [0, 0.1) is 0 Å². The minimum absolute atomic E-state index is 0.0487. The summed E-state index contributed by atoms with van der Waals surface area (Å²) in [6.45, 7) is 0.413. The molecule has 0 radical (unpaired) electrons. The summed E-state index contributed by atoms with van der Waals surface area (Å²) in [6.07, 6.45) is 0.728. The minimum Gasteiger partial charge on any atom is -0.369 e. The molecular weight excluding hydrogens is 186 g/mol. The molecule has 74 valence electrons. The molecule has 0 spiro atoms. The number of carbonyl (C=O) groups is 1. The van der Waals surface area contributed by atoms with Gasteiger partial charge in [0.2, 0.25) is 5.95 Å². The third kappa shape index (κ3) is 1.28. The molecule has 1 unspecified atom stereocenters. The van der Waals surface area contributed by atoms with Crippen LogP contribution in [-0.2, 0) is 4.79 Å². The van der Waals surface area contributed by atoms with E-state index < -0.39 is 11.6 Å². The Morgan fingerprint density at radius 1 is 1.57 bits per heavy atom. The van der Waals surface area contributed by atoms with Crippen molar-refractivity contribution in [1.29, 1.82) is 0 Å². The van der Waals surface area contributed by atoms with Gasteiger partial charge in [-0.2, -0.15) is 4.98 Å². The van der Waals surface area contributed by atoms with Crippen molar-refractivity contribution < 1.29 is 4.79 Å². The number of rotatable bonds is 1. The molecule has 0 aromatic carbocycles. The molecule has 1 aliphatic rings. The van der Waals surface area contributed by atoms with Gasteiger partial charge in [-0.3, -0.25) is 4.79 Å². The predicted molar refractivity (Wildman–Crippen MR) is 51.2 cm³/mol. The highest BCUT2D eigenvalue weighted by Gasteiger charge is 2.20. The average Bonchev–Trinajstić information content (AvgIpc) is 2.17. The largest absolute Gasteiger partial charge is 0.369 e. The summed E-state index contributed by atoms with van der Waals surface area (Å²) in [7, 11) is 0. The summed E-state index contributed by atoms with van der Waals surface area (Å²) >= 11 is 0. The number of hydrogen-bond acceptors (Lipinski definition) is 6. The zero-order chi connectivity index (χ0) is 10.1. The first-order chi connectivity index (χ1) is 6.70. The third-order valence-corrected chi connectivity index (χ3v) is 1.93. The van der Waals surface area contributed by atoms with Crippen molar-refractivity contribution in [3.05, 3.63) is 10.4 Å². The van der Waals surface area contributed by atoms with Gasteiger partial charge in [-0.15, -0.1) is 0 Å². The van der Waals surface area contributed by atoms with Crippen LogP contribution in [-0.4, -0.2) is 28.8 Å². The maximum atomic E-state index is 11.3. The Balaban J connectivity index is 2.47. The Kier molecular flexibility index (Phi) is 1.84. The highest BCUT2D eigenvalue weighted by atomic mass is 16.1. The van der Waals surface area contributed by atoms with E-state index in [1.807, 2.05) is 0 Å². The number of aromatic nitrogens is 2. The number of hydrogen-bond donors (Lipinski definition) is 4. The summed E-state index contributed by atoms with van der Waals surface area (Å²) in [5.41, 5.74) is 5.12. The second kappa shape index (κ2) is 3.02. The standard InChI is InChI=1S/C7H9N5O2/c8-7-11-5-4(6(14)12-7)10-3(2-13)1-9-5/h2-3,10H,1H2,(H4,8,9,11,12,14). The van der Waals surface area contributed by atoms with Gasteiger partial charge in [0.15, 0.2) is 0 Å². The molecule has 0 amide bonds. The van der Waals surface area contributed by atoms with Crippen molar-refractivity contribution in [2.45, 2.75) is 6.04 Å². The second-order valence-electron chi connectivity index (χ2n) is 2.95. The molecule has 2 rings (SSSR count). The Morgan fingerprint density at radius 2 is 2.36 bits per heavy atom. The lowest BCUT2D eigenvalue weighted by atomic mass is 10.2. The van der Waals surface area contributed by atoms with Crippen LogP contribution >= 0.6 is 0 Å². The molecule has 0 fully saturated rings. The lowest BCUT2D eigenvalue weighted by molar-refractivity contribution is -0.108. The van der Waals surface area contributed by atoms with Crippen molar-refractivity contribution >= 4 is 23.7 Å². The number of aromatic amines is 1. The van der Waals surface area contributed by atoms with E-state index in [-0.39, 0.29) is 11.6 Å². The molecule has 2 heterocycles. The number of nitrogens with one attached hydrogen (secondary N) is 3. The van der Waals surface area contributed by atoms with Crippen LogP contribution in [0.15, 0.2) is 4.79 Å². The number of anilines is 3. The van der Waals surface area contributed by atoms with Gasteiger partial charge in [-0.25, -0.2) is 0 Å². The van der Waals surface area contributed by atoms with E-state index >= 15 is 0 Å². The molecule has 0 saturated carbocycles. The van der Waals surface area contributed by atoms with E-state index in [0.29, 0.717) is 12.4 Å². The molecule has 1 aromatic rings. The number of fused-ring (bicyclic) bond motifs is 1. The van der Waals surface area contributed by atoms with Gasteiger partial charge in [0.25, 0.3) is 5.56 Å². The van der Waals surface area contributed by atoms with Gasteiger partial charge < -0.3 is 26.1 Å². The fourth-order valence-electron chi connectivity index (χ4n) is 1.29. The molecule has 14 heavy (non-hydrogen) atoms. The number of nitrogens with zero attached hydrogens (tertiary/aromatic N) is 1. The van der Waals surface area contributed by atoms with Crippen molar-refractivity contribution in [1.82, 2.24) is 9.97 Å². The maximum absolute atomic E-state index is 11.3. The van der Waals surface area contributed by atoms with Gasteiger partial charge in [-0.1, -0.05) is 0 Å². The first kappa shape index (κ1) is 8.54. The normalized spacial score (nSPS) is 19.0. The molecular formula is C7H9N5O2. The molecule has 0 saturated heterocycles. The first-order valence-electron chi connectivity index (χ1n) is 4.06. The molecule has 1 aromatic heterocycles. The average molecular weight is 195 g/mol. The maximum Gasteiger partial charge on any atom is 0.300 e. The molecule has 1 atom stereocenters. The highest BCUT2D eigenvalue weighted by molar-refractivity contribution is 5.74. The molecule has 7 heteroatoms. The van der Waals surface area contributed by atoms with Gasteiger partial charge >= 0.3 is 0 Å². The van der Waals surface area contributed by atoms with E-state index in [1.54, 1.807) is 0 Å². The van der Waals surface area contributed by atoms with Crippen LogP contribution in [0.2, 0.25) is 0 Å². The van der Waals surface area contributed by atoms with E-state index in [2.05, 4.69) is 20.6 Å². The van der Waals surface area contributed by atoms with Crippen LogP contribution in [0.1, 0.15) is 0 Å². The Labute approximate surface area is 78.7 Å². The fourth-order valence-corrected chi connectivity index (χ4v) is 1.29. The van der Waals surface area contributed by atoms with E-state index in [0.717, 1.165) is 6.29 Å². The van der Waals surface area contributed by atoms with Crippen LogP contribution in [0.4, 0.5) is 17.5 Å². The number of H-pyrrole nitrogens is 1. The summed E-state index contributed by atoms with van der Waals surface area (Å²) in [5, 5.41) is 5.63. The lowest BCUT2D eigenvalue weighted by Gasteiger charge is -2.23. The van der Waals surface area contributed by atoms with Gasteiger partial charge in [0.1, 0.15) is 17.8 Å². The van der Waals surface area contributed by atoms with Gasteiger partial charge in [-0.05, 0) is 0 Å². The number of nitrogen functional groups attached to an aromatic ring is 1. The predicted octanol–water partition coefficient (Wildman–Crippen LogP) is -1.24. The quantitative estimate of drug-likeness (QED) is 0.417. The Bertz CT molecular complexity index is 427. The molecule has 5 N–H and O–H groups in total. The van der Waals surface area contributed by atoms with Crippen molar-refractivity contribution in [2.24, 2.45) is 0 Å². The summed E-state index contributed by atoms with van der Waals surface area (Å²) in [6, 6.07) is -0.408. The van der Waals surface area contributed by atoms with E-state index in [4.69, 9.17) is 5.73 Å². The Morgan fingerprint density at radius 3 is 3.07 bits per heavy atom. The van der Waals surface area contributed by atoms with Gasteiger partial charge in [0.05, 0.1) is 6.04 Å². The van der Waals surface area contributed by atoms with Crippen LogP contribution in [0.5, 0.6) is 0 Å². The fraction of sp³-hybridized carbons (Fsp3) is 0.286. The smallest absolute Gasteiger partial charge is 0.300 e. The Hall–Kier alpha value is -2.05. The topological polar surface area (TPSA) is 113 Å². The molecule has 0 bridgehead atoms. The van der Waals surface area contributed by atoms with Crippen LogP contribution < -0.4 is 21.9 Å². The number of aldehydes is 1. The zero-order valence-electron chi connectivity index (χ0n) is 7.20. The third-order valence-electron chi connectivity index (χ3n) is 1.93. The number of nitrogens with two attached hydrogens (primary N) is 1. The summed E-state index contributed by atoms with van der Waals surface area (Å²) < 4.78 is 0. The van der Waals surface area contributed by atoms with E-state index in [9.17, 15) is 9.59 Å². The summed E-state index contributed by atoms with van der Waals surface area (Å²) in [5.74, 6) is 0.521. The van der Waals surface area contributed by atoms with Crippen molar-refractivity contribution in [3.8, 4) is 0 Å². The minimum atomic E-state index is -0.477. The zero-order valence-corrected chi connectivity index (χ0v) is 7.20. The van der Waals surface area contributed by atoms with Crippen molar-refractivity contribution in [2.75, 3.05) is 22.9 Å². The SMILES string of the molecule is Nc1nc(=O)c2c([nH]1)NCC(C=O)N2. The van der Waals surface area contributed by atoms with Crippen LogP contribution in [0.25, 0.3) is 0 Å². The number of carbonyl (C=O) groups excluding carboxylic acids is 1.